The van der Waals surface area contributed by atoms with Crippen molar-refractivity contribution in [1.29, 1.82) is 0 Å². The van der Waals surface area contributed by atoms with Gasteiger partial charge in [0.25, 0.3) is 0 Å². The molecule has 2 N–H and O–H groups in total. The van der Waals surface area contributed by atoms with Crippen molar-refractivity contribution in [3.8, 4) is 11.5 Å². The zero-order chi connectivity index (χ0) is 23.9. The van der Waals surface area contributed by atoms with Gasteiger partial charge in [0.15, 0.2) is 11.5 Å². The molecule has 4 saturated carbocycles. The molecule has 0 radical (unpaired) electrons. The van der Waals surface area contributed by atoms with Crippen molar-refractivity contribution in [2.24, 2.45) is 22.7 Å². The van der Waals surface area contributed by atoms with Gasteiger partial charge >= 0.3 is 0 Å². The van der Waals surface area contributed by atoms with Crippen LogP contribution in [0.5, 0.6) is 11.5 Å². The summed E-state index contributed by atoms with van der Waals surface area (Å²) in [5.41, 5.74) is 0.783. The molecule has 34 heavy (non-hydrogen) atoms. The molecule has 186 valence electrons. The van der Waals surface area contributed by atoms with Gasteiger partial charge in [-0.05, 0) is 81.4 Å². The van der Waals surface area contributed by atoms with Crippen molar-refractivity contribution < 1.29 is 19.7 Å². The molecule has 0 aromatic heterocycles. The SMILES string of the molecule is CO[C@@]12CCC3(C[C@@H]1[C@](C)(O)C(C)(C)C)[C@H]1Cc4ccc(O)c5c4[C@@]3(CCN1CC1CC1)[C@H]2O5. The molecule has 0 amide bonds. The maximum Gasteiger partial charge on any atom is 0.165 e. The summed E-state index contributed by atoms with van der Waals surface area (Å²) < 4.78 is 13.5. The number of phenols is 1. The van der Waals surface area contributed by atoms with Crippen molar-refractivity contribution in [2.75, 3.05) is 20.2 Å². The van der Waals surface area contributed by atoms with Crippen LogP contribution in [0.4, 0.5) is 0 Å². The Labute approximate surface area is 203 Å². The molecule has 5 aliphatic carbocycles. The van der Waals surface area contributed by atoms with E-state index in [0.29, 0.717) is 11.8 Å². The average molecular weight is 468 g/mol. The van der Waals surface area contributed by atoms with Crippen LogP contribution in [-0.2, 0) is 16.6 Å². The number of piperidine rings is 1. The number of fused-ring (bicyclic) bond motifs is 2. The van der Waals surface area contributed by atoms with E-state index in [1.54, 1.807) is 0 Å². The molecule has 8 rings (SSSR count). The zero-order valence-electron chi connectivity index (χ0n) is 21.5. The molecule has 2 heterocycles. The monoisotopic (exact) mass is 467 g/mol. The Kier molecular flexibility index (Phi) is 4.08. The summed E-state index contributed by atoms with van der Waals surface area (Å²) in [7, 11) is 1.83. The quantitative estimate of drug-likeness (QED) is 0.687. The zero-order valence-corrected chi connectivity index (χ0v) is 21.5. The van der Waals surface area contributed by atoms with Gasteiger partial charge in [0.05, 0.1) is 5.60 Å². The van der Waals surface area contributed by atoms with E-state index in [0.717, 1.165) is 44.6 Å². The van der Waals surface area contributed by atoms with Crippen LogP contribution < -0.4 is 4.74 Å². The third kappa shape index (κ3) is 2.25. The maximum atomic E-state index is 12.2. The third-order valence-corrected chi connectivity index (χ3v) is 11.9. The van der Waals surface area contributed by atoms with E-state index in [2.05, 4.69) is 31.7 Å². The number of likely N-dealkylation sites (tertiary alicyclic amines) is 1. The van der Waals surface area contributed by atoms with Crippen LogP contribution in [0.25, 0.3) is 0 Å². The first-order chi connectivity index (χ1) is 16.0. The molecule has 5 heteroatoms. The first-order valence-electron chi connectivity index (χ1n) is 13.6. The highest BCUT2D eigenvalue weighted by molar-refractivity contribution is 5.63. The Morgan fingerprint density at radius 1 is 1.15 bits per heavy atom. The molecule has 2 aliphatic heterocycles. The van der Waals surface area contributed by atoms with Crippen LogP contribution in [-0.4, -0.2) is 58.7 Å². The second-order valence-corrected chi connectivity index (χ2v) is 13.8. The molecule has 5 nitrogen and oxygen atoms in total. The number of aliphatic hydroxyl groups is 1. The number of aromatic hydroxyl groups is 1. The maximum absolute atomic E-state index is 12.2. The molecule has 7 aliphatic rings. The number of hydrogen-bond acceptors (Lipinski definition) is 5. The lowest BCUT2D eigenvalue weighted by atomic mass is 9.33. The Balaban J connectivity index is 1.47. The summed E-state index contributed by atoms with van der Waals surface area (Å²) in [5.74, 6) is 1.80. The Morgan fingerprint density at radius 2 is 1.91 bits per heavy atom. The van der Waals surface area contributed by atoms with Gasteiger partial charge in [0.1, 0.15) is 11.7 Å². The highest BCUT2D eigenvalue weighted by Gasteiger charge is 2.82. The van der Waals surface area contributed by atoms with E-state index in [1.165, 1.54) is 30.5 Å². The molecule has 1 unspecified atom stereocenters. The lowest BCUT2D eigenvalue weighted by Crippen LogP contribution is -2.83. The van der Waals surface area contributed by atoms with Gasteiger partial charge in [-0.3, -0.25) is 4.90 Å². The Hall–Kier alpha value is -1.30. The molecule has 4 bridgehead atoms. The molecule has 5 fully saturated rings. The lowest BCUT2D eigenvalue weighted by Gasteiger charge is -2.75. The Morgan fingerprint density at radius 3 is 2.59 bits per heavy atom. The van der Waals surface area contributed by atoms with Crippen molar-refractivity contribution in [1.82, 2.24) is 4.90 Å². The van der Waals surface area contributed by atoms with Crippen molar-refractivity contribution in [3.05, 3.63) is 23.3 Å². The number of rotatable bonds is 4. The van der Waals surface area contributed by atoms with E-state index in [4.69, 9.17) is 9.47 Å². The fraction of sp³-hybridized carbons (Fsp3) is 0.793. The van der Waals surface area contributed by atoms with Gasteiger partial charge in [-0.2, -0.15) is 0 Å². The summed E-state index contributed by atoms with van der Waals surface area (Å²) in [6.07, 6.45) is 7.64. The molecule has 7 atom stereocenters. The summed E-state index contributed by atoms with van der Waals surface area (Å²) in [6.45, 7) is 10.8. The standard InChI is InChI=1S/C29H41NO4/c1-25(2,3)26(4,32)20-15-27-10-11-29(20,33-5)24-28(27)12-13-30(16-17-6-7-17)21(27)14-18-8-9-19(31)23(34-24)22(18)28/h8-9,17,20-21,24,31-32H,6-7,10-16H2,1-5H3/t20-,21-,24-,26+,27?,28+,29+/m1/s1. The van der Waals surface area contributed by atoms with E-state index in [1.807, 2.05) is 20.1 Å². The predicted octanol–water partition coefficient (Wildman–Crippen LogP) is 4.41. The number of methoxy groups -OCH3 is 1. The Bertz CT molecular complexity index is 1060. The minimum Gasteiger partial charge on any atom is -0.504 e. The van der Waals surface area contributed by atoms with Crippen LogP contribution in [0, 0.1) is 22.7 Å². The van der Waals surface area contributed by atoms with E-state index in [9.17, 15) is 10.2 Å². The summed E-state index contributed by atoms with van der Waals surface area (Å²) in [6, 6.07) is 4.46. The van der Waals surface area contributed by atoms with E-state index < -0.39 is 11.2 Å². The van der Waals surface area contributed by atoms with Gasteiger partial charge in [-0.25, -0.2) is 0 Å². The second-order valence-electron chi connectivity index (χ2n) is 13.8. The molecule has 1 aromatic carbocycles. The number of hydrogen-bond donors (Lipinski definition) is 2. The number of nitrogens with zero attached hydrogens (tertiary/aromatic N) is 1. The van der Waals surface area contributed by atoms with Crippen LogP contribution in [0.3, 0.4) is 0 Å². The third-order valence-electron chi connectivity index (χ3n) is 11.9. The van der Waals surface area contributed by atoms with Gasteiger partial charge in [0, 0.05) is 42.0 Å². The summed E-state index contributed by atoms with van der Waals surface area (Å²) in [4.78, 5) is 2.82. The molecular formula is C29H41NO4. The number of ether oxygens (including phenoxy) is 2. The van der Waals surface area contributed by atoms with Crippen molar-refractivity contribution in [2.45, 2.75) is 101 Å². The molecule has 1 saturated heterocycles. The first-order valence-corrected chi connectivity index (χ1v) is 13.6. The number of phenolic OH excluding ortho intramolecular Hbond substituents is 1. The van der Waals surface area contributed by atoms with Gasteiger partial charge in [0.2, 0.25) is 0 Å². The predicted molar refractivity (Wildman–Crippen MR) is 130 cm³/mol. The number of benzene rings is 1. The van der Waals surface area contributed by atoms with Crippen LogP contribution in [0.15, 0.2) is 12.1 Å². The van der Waals surface area contributed by atoms with Crippen LogP contribution in [0.2, 0.25) is 0 Å². The fourth-order valence-electron chi connectivity index (χ4n) is 9.58. The van der Waals surface area contributed by atoms with Gasteiger partial charge in [-0.15, -0.1) is 0 Å². The second kappa shape index (κ2) is 6.33. The minimum absolute atomic E-state index is 0.0294. The molecule has 2 spiro atoms. The minimum atomic E-state index is -0.909. The molecular weight excluding hydrogens is 426 g/mol. The van der Waals surface area contributed by atoms with Gasteiger partial charge in [-0.1, -0.05) is 26.8 Å². The smallest absolute Gasteiger partial charge is 0.165 e. The van der Waals surface area contributed by atoms with Crippen LogP contribution in [0.1, 0.15) is 77.3 Å². The highest BCUT2D eigenvalue weighted by atomic mass is 16.6. The van der Waals surface area contributed by atoms with E-state index in [-0.39, 0.29) is 34.0 Å². The summed E-state index contributed by atoms with van der Waals surface area (Å²) in [5, 5.41) is 23.2. The van der Waals surface area contributed by atoms with Gasteiger partial charge < -0.3 is 19.7 Å². The van der Waals surface area contributed by atoms with Crippen molar-refractivity contribution in [3.63, 3.8) is 0 Å². The van der Waals surface area contributed by atoms with E-state index >= 15 is 0 Å². The fourth-order valence-corrected chi connectivity index (χ4v) is 9.58. The highest BCUT2D eigenvalue weighted by Crippen LogP contribution is 2.78. The normalized spacial score (nSPS) is 43.9. The van der Waals surface area contributed by atoms with Crippen molar-refractivity contribution >= 4 is 0 Å². The largest absolute Gasteiger partial charge is 0.504 e. The first kappa shape index (κ1) is 21.9. The lowest BCUT2D eigenvalue weighted by molar-refractivity contribution is -0.312. The average Bonchev–Trinajstić information content (AvgIpc) is 3.53. The molecule has 1 aromatic rings. The summed E-state index contributed by atoms with van der Waals surface area (Å²) >= 11 is 0. The van der Waals surface area contributed by atoms with Crippen LogP contribution >= 0.6 is 0 Å². The topological polar surface area (TPSA) is 62.2 Å².